The topological polar surface area (TPSA) is 147 Å². The van der Waals surface area contributed by atoms with Crippen molar-refractivity contribution < 1.29 is 35.1 Å². The molecule has 0 bridgehead atoms. The van der Waals surface area contributed by atoms with Gasteiger partial charge in [0.25, 0.3) is 5.91 Å². The molecule has 6 N–H and O–H groups in total. The maximum Gasteiger partial charge on any atom is 0.251 e. The van der Waals surface area contributed by atoms with Gasteiger partial charge in [-0.1, -0.05) is 0 Å². The molecule has 0 radical (unpaired) electrons. The predicted octanol–water partition coefficient (Wildman–Crippen LogP) is -3.87. The molecule has 0 saturated carbocycles. The summed E-state index contributed by atoms with van der Waals surface area (Å²) in [5.74, 6) is -1.07. The number of aliphatic hydroxyl groups is 5. The molecule has 0 aromatic heterocycles. The lowest BCUT2D eigenvalue weighted by molar-refractivity contribution is -0.136. The Morgan fingerprint density at radius 3 is 2.18 bits per heavy atom. The van der Waals surface area contributed by atoms with Crippen LogP contribution < -0.4 is 5.32 Å². The number of rotatable bonds is 7. The highest BCUT2D eigenvalue weighted by Crippen LogP contribution is 2.04. The Balaban J connectivity index is 4.71. The normalized spacial score (nSPS) is 19.9. The molecule has 17 heavy (non-hydrogen) atoms. The summed E-state index contributed by atoms with van der Waals surface area (Å²) in [6, 6.07) is -1.47. The quantitative estimate of drug-likeness (QED) is 0.254. The second-order valence-corrected chi connectivity index (χ2v) is 3.59. The van der Waals surface area contributed by atoms with Crippen molar-refractivity contribution in [1.82, 2.24) is 5.32 Å². The van der Waals surface area contributed by atoms with E-state index in [4.69, 9.17) is 15.3 Å². The predicted molar refractivity (Wildman–Crippen MR) is 54.8 cm³/mol. The Morgan fingerprint density at radius 2 is 1.82 bits per heavy atom. The van der Waals surface area contributed by atoms with E-state index in [2.05, 4.69) is 0 Å². The smallest absolute Gasteiger partial charge is 0.251 e. The van der Waals surface area contributed by atoms with Crippen molar-refractivity contribution >= 4 is 12.2 Å². The van der Waals surface area contributed by atoms with E-state index in [0.29, 0.717) is 0 Å². The van der Waals surface area contributed by atoms with Crippen LogP contribution >= 0.6 is 0 Å². The maximum atomic E-state index is 11.2. The van der Waals surface area contributed by atoms with Gasteiger partial charge >= 0.3 is 0 Å². The molecular formula is C9H17NO7. The van der Waals surface area contributed by atoms with Crippen molar-refractivity contribution in [2.75, 3.05) is 6.61 Å². The monoisotopic (exact) mass is 251 g/mol. The SMILES string of the molecule is C[C@@H](O)[C@@H](O)[C@H](NC(=O)[C@@H](O)CO)[C@@H](O)C=O. The number of hydrogen-bond donors (Lipinski definition) is 6. The molecule has 5 atom stereocenters. The van der Waals surface area contributed by atoms with Crippen LogP contribution in [0, 0.1) is 0 Å². The second kappa shape index (κ2) is 7.30. The molecule has 1 amide bonds. The number of amides is 1. The molecule has 8 nitrogen and oxygen atoms in total. The number of nitrogens with one attached hydrogen (secondary N) is 1. The summed E-state index contributed by atoms with van der Waals surface area (Å²) < 4.78 is 0. The van der Waals surface area contributed by atoms with Crippen LogP contribution in [0.2, 0.25) is 0 Å². The molecule has 0 unspecified atom stereocenters. The van der Waals surface area contributed by atoms with E-state index in [-0.39, 0.29) is 6.29 Å². The third-order valence-corrected chi connectivity index (χ3v) is 2.15. The van der Waals surface area contributed by atoms with E-state index in [9.17, 15) is 19.8 Å². The second-order valence-electron chi connectivity index (χ2n) is 3.59. The highest BCUT2D eigenvalue weighted by atomic mass is 16.3. The van der Waals surface area contributed by atoms with Gasteiger partial charge in [0.1, 0.15) is 12.2 Å². The number of carbonyl (C=O) groups excluding carboxylic acids is 2. The summed E-state index contributed by atoms with van der Waals surface area (Å²) in [6.07, 6.45) is -6.31. The van der Waals surface area contributed by atoms with Crippen LogP contribution in [0.5, 0.6) is 0 Å². The molecular weight excluding hydrogens is 234 g/mol. The molecule has 0 rings (SSSR count). The van der Waals surface area contributed by atoms with Crippen LogP contribution in [-0.4, -0.2) is 74.8 Å². The van der Waals surface area contributed by atoms with Crippen LogP contribution in [0.3, 0.4) is 0 Å². The molecule has 0 spiro atoms. The summed E-state index contributed by atoms with van der Waals surface area (Å²) in [4.78, 5) is 21.6. The van der Waals surface area contributed by atoms with E-state index in [1.165, 1.54) is 6.92 Å². The Kier molecular flexibility index (Phi) is 6.85. The lowest BCUT2D eigenvalue weighted by Gasteiger charge is -2.28. The molecule has 0 aliphatic rings. The zero-order chi connectivity index (χ0) is 13.6. The van der Waals surface area contributed by atoms with Gasteiger partial charge in [0.2, 0.25) is 0 Å². The average molecular weight is 251 g/mol. The first-order chi connectivity index (χ1) is 7.84. The van der Waals surface area contributed by atoms with Crippen molar-refractivity contribution in [3.63, 3.8) is 0 Å². The average Bonchev–Trinajstić information content (AvgIpc) is 2.32. The fourth-order valence-corrected chi connectivity index (χ4v) is 1.10. The third-order valence-electron chi connectivity index (χ3n) is 2.15. The van der Waals surface area contributed by atoms with Crippen molar-refractivity contribution in [1.29, 1.82) is 0 Å². The lowest BCUT2D eigenvalue weighted by atomic mass is 10.0. The molecule has 100 valence electrons. The van der Waals surface area contributed by atoms with Crippen molar-refractivity contribution in [3.05, 3.63) is 0 Å². The third kappa shape index (κ3) is 4.75. The van der Waals surface area contributed by atoms with Gasteiger partial charge in [-0.05, 0) is 6.92 Å². The van der Waals surface area contributed by atoms with Gasteiger partial charge < -0.3 is 35.6 Å². The van der Waals surface area contributed by atoms with Crippen LogP contribution in [0.4, 0.5) is 0 Å². The minimum Gasteiger partial charge on any atom is -0.393 e. The van der Waals surface area contributed by atoms with E-state index in [1.807, 2.05) is 5.32 Å². The Bertz CT molecular complexity index is 258. The van der Waals surface area contributed by atoms with E-state index in [1.54, 1.807) is 0 Å². The molecule has 0 saturated heterocycles. The Morgan fingerprint density at radius 1 is 1.29 bits per heavy atom. The lowest BCUT2D eigenvalue weighted by Crippen LogP contribution is -2.57. The number of carbonyl (C=O) groups is 2. The molecule has 0 aromatic rings. The summed E-state index contributed by atoms with van der Waals surface area (Å²) >= 11 is 0. The van der Waals surface area contributed by atoms with E-state index >= 15 is 0 Å². The summed E-state index contributed by atoms with van der Waals surface area (Å²) in [7, 11) is 0. The van der Waals surface area contributed by atoms with Gasteiger partial charge in [-0.15, -0.1) is 0 Å². The summed E-state index contributed by atoms with van der Waals surface area (Å²) in [5.41, 5.74) is 0. The largest absolute Gasteiger partial charge is 0.393 e. The summed E-state index contributed by atoms with van der Waals surface area (Å²) in [5, 5.41) is 47.3. The highest BCUT2D eigenvalue weighted by Gasteiger charge is 2.32. The minimum atomic E-state index is -1.74. The van der Waals surface area contributed by atoms with Gasteiger partial charge in [0, 0.05) is 0 Å². The highest BCUT2D eigenvalue weighted by molar-refractivity contribution is 5.81. The number of hydrogen-bond acceptors (Lipinski definition) is 7. The number of aldehydes is 1. The minimum absolute atomic E-state index is 0.0713. The van der Waals surface area contributed by atoms with Crippen LogP contribution in [0.25, 0.3) is 0 Å². The van der Waals surface area contributed by atoms with Crippen molar-refractivity contribution in [3.8, 4) is 0 Å². The molecule has 0 aliphatic heterocycles. The first-order valence-corrected chi connectivity index (χ1v) is 4.94. The van der Waals surface area contributed by atoms with E-state index < -0.39 is 43.0 Å². The van der Waals surface area contributed by atoms with E-state index in [0.717, 1.165) is 0 Å². The Hall–Kier alpha value is -1.06. The van der Waals surface area contributed by atoms with Crippen molar-refractivity contribution in [2.24, 2.45) is 0 Å². The zero-order valence-corrected chi connectivity index (χ0v) is 9.22. The fourth-order valence-electron chi connectivity index (χ4n) is 1.10. The summed E-state index contributed by atoms with van der Waals surface area (Å²) in [6.45, 7) is 0.352. The molecule has 0 fully saturated rings. The molecule has 0 aliphatic carbocycles. The van der Waals surface area contributed by atoms with Gasteiger partial charge in [-0.25, -0.2) is 0 Å². The standard InChI is InChI=1S/C9H17NO7/c1-4(13)8(16)7(5(14)2-11)10-9(17)6(15)3-12/h2,4-8,12-16H,3H2,1H3,(H,10,17)/t4-,5+,6+,7-,8-/m1/s1. The maximum absolute atomic E-state index is 11.2. The van der Waals surface area contributed by atoms with Crippen LogP contribution in [0.15, 0.2) is 0 Å². The van der Waals surface area contributed by atoms with Crippen molar-refractivity contribution in [2.45, 2.75) is 37.4 Å². The number of aliphatic hydroxyl groups excluding tert-OH is 5. The van der Waals surface area contributed by atoms with Gasteiger partial charge in [0.15, 0.2) is 12.4 Å². The van der Waals surface area contributed by atoms with Gasteiger partial charge in [0.05, 0.1) is 18.8 Å². The Labute approximate surface area is 97.5 Å². The van der Waals surface area contributed by atoms with Crippen LogP contribution in [0.1, 0.15) is 6.92 Å². The fraction of sp³-hybridized carbons (Fsp3) is 0.778. The zero-order valence-electron chi connectivity index (χ0n) is 9.22. The van der Waals surface area contributed by atoms with Gasteiger partial charge in [-0.3, -0.25) is 4.79 Å². The molecule has 0 heterocycles. The first kappa shape index (κ1) is 15.9. The van der Waals surface area contributed by atoms with Gasteiger partial charge in [-0.2, -0.15) is 0 Å². The van der Waals surface area contributed by atoms with Crippen LogP contribution in [-0.2, 0) is 9.59 Å². The first-order valence-electron chi connectivity index (χ1n) is 4.94. The molecule has 0 aromatic carbocycles. The molecule has 8 heteroatoms.